The Balaban J connectivity index is 1.63. The van der Waals surface area contributed by atoms with Crippen molar-refractivity contribution in [1.82, 2.24) is 20.0 Å². The number of nitrogens with zero attached hydrogens (tertiary/aromatic N) is 4. The van der Waals surface area contributed by atoms with E-state index in [4.69, 9.17) is 5.26 Å². The zero-order valence-corrected chi connectivity index (χ0v) is 10.8. The molecule has 1 fully saturated rings. The number of carbonyl (C=O) groups is 1. The van der Waals surface area contributed by atoms with Crippen LogP contribution in [0.2, 0.25) is 0 Å². The summed E-state index contributed by atoms with van der Waals surface area (Å²) in [4.78, 5) is 13.9. The minimum atomic E-state index is 0.107. The number of hydrogen-bond donors (Lipinski definition) is 1. The summed E-state index contributed by atoms with van der Waals surface area (Å²) in [6.07, 6.45) is 3.18. The van der Waals surface area contributed by atoms with Gasteiger partial charge in [-0.25, -0.2) is 0 Å². The number of aromatic nitrogens is 2. The molecule has 0 aromatic carbocycles. The van der Waals surface area contributed by atoms with Gasteiger partial charge in [0.05, 0.1) is 12.2 Å². The van der Waals surface area contributed by atoms with Gasteiger partial charge in [0.1, 0.15) is 6.07 Å². The second-order valence-electron chi connectivity index (χ2n) is 5.26. The van der Waals surface area contributed by atoms with Crippen molar-refractivity contribution in [2.45, 2.75) is 38.4 Å². The highest BCUT2D eigenvalue weighted by molar-refractivity contribution is 5.78. The Morgan fingerprint density at radius 2 is 2.37 bits per heavy atom. The van der Waals surface area contributed by atoms with Gasteiger partial charge >= 0.3 is 0 Å². The molecule has 0 atom stereocenters. The zero-order valence-electron chi connectivity index (χ0n) is 10.8. The zero-order chi connectivity index (χ0) is 13.2. The molecule has 6 nitrogen and oxygen atoms in total. The summed E-state index contributed by atoms with van der Waals surface area (Å²) in [7, 11) is 0. The maximum Gasteiger partial charge on any atom is 0.234 e. The smallest absolute Gasteiger partial charge is 0.234 e. The summed E-state index contributed by atoms with van der Waals surface area (Å²) in [6, 6.07) is 4.29. The van der Waals surface area contributed by atoms with Crippen LogP contribution in [0.15, 0.2) is 6.07 Å². The predicted molar refractivity (Wildman–Crippen MR) is 68.0 cm³/mol. The number of fused-ring (bicyclic) bond motifs is 1. The number of carbonyl (C=O) groups excluding carboxylic acids is 1. The molecule has 0 radical (unpaired) electrons. The monoisotopic (exact) mass is 259 g/mol. The summed E-state index contributed by atoms with van der Waals surface area (Å²) in [5.74, 6) is 0.107. The minimum Gasteiger partial charge on any atom is -0.352 e. The number of nitriles is 1. The van der Waals surface area contributed by atoms with Crippen molar-refractivity contribution in [2.75, 3.05) is 13.1 Å². The summed E-state index contributed by atoms with van der Waals surface area (Å²) < 4.78 is 1.89. The van der Waals surface area contributed by atoms with Crippen LogP contribution >= 0.6 is 0 Å². The second-order valence-corrected chi connectivity index (χ2v) is 5.26. The molecule has 19 heavy (non-hydrogen) atoms. The quantitative estimate of drug-likeness (QED) is 0.843. The maximum atomic E-state index is 11.8. The van der Waals surface area contributed by atoms with Gasteiger partial charge in [0.15, 0.2) is 5.69 Å². The molecule has 1 amide bonds. The van der Waals surface area contributed by atoms with Crippen LogP contribution in [0.4, 0.5) is 0 Å². The van der Waals surface area contributed by atoms with E-state index in [9.17, 15) is 4.79 Å². The molecule has 6 heteroatoms. The van der Waals surface area contributed by atoms with Crippen LogP contribution in [0.5, 0.6) is 0 Å². The van der Waals surface area contributed by atoms with Crippen LogP contribution in [0.3, 0.4) is 0 Å². The highest BCUT2D eigenvalue weighted by Crippen LogP contribution is 2.18. The minimum absolute atomic E-state index is 0.107. The van der Waals surface area contributed by atoms with E-state index in [0.717, 1.165) is 38.0 Å². The Bertz CT molecular complexity index is 526. The third kappa shape index (κ3) is 2.93. The van der Waals surface area contributed by atoms with Gasteiger partial charge in [-0.15, -0.1) is 0 Å². The van der Waals surface area contributed by atoms with E-state index in [-0.39, 0.29) is 5.91 Å². The maximum absolute atomic E-state index is 11.8. The van der Waals surface area contributed by atoms with E-state index in [0.29, 0.717) is 24.8 Å². The fourth-order valence-electron chi connectivity index (χ4n) is 2.42. The number of nitrogens with one attached hydrogen (secondary N) is 1. The molecule has 2 heterocycles. The Morgan fingerprint density at radius 1 is 1.53 bits per heavy atom. The van der Waals surface area contributed by atoms with Crippen molar-refractivity contribution in [3.8, 4) is 6.07 Å². The molecule has 1 saturated carbocycles. The SMILES string of the molecule is N#Cc1cc2n(n1)CCCN(CC(=O)NC1CC1)C2. The number of amides is 1. The standard InChI is InChI=1S/C13H17N5O/c14-7-11-6-12-8-17(4-1-5-18(12)16-11)9-13(19)15-10-2-3-10/h6,10H,1-5,8-9H2,(H,15,19). The Hall–Kier alpha value is -1.87. The molecule has 2 aliphatic rings. The molecule has 1 aliphatic carbocycles. The van der Waals surface area contributed by atoms with Gasteiger partial charge in [0, 0.05) is 25.7 Å². The van der Waals surface area contributed by atoms with E-state index in [1.165, 1.54) is 0 Å². The molecule has 3 rings (SSSR count). The van der Waals surface area contributed by atoms with Crippen molar-refractivity contribution >= 4 is 5.91 Å². The van der Waals surface area contributed by atoms with Gasteiger partial charge in [0.2, 0.25) is 5.91 Å². The summed E-state index contributed by atoms with van der Waals surface area (Å²) in [5.41, 5.74) is 1.48. The summed E-state index contributed by atoms with van der Waals surface area (Å²) in [5, 5.41) is 16.1. The number of hydrogen-bond acceptors (Lipinski definition) is 4. The highest BCUT2D eigenvalue weighted by Gasteiger charge is 2.25. The first-order valence-electron chi connectivity index (χ1n) is 6.73. The second kappa shape index (κ2) is 5.02. The normalized spacial score (nSPS) is 19.3. The molecule has 1 aromatic heterocycles. The van der Waals surface area contributed by atoms with Gasteiger partial charge in [-0.3, -0.25) is 14.4 Å². The Morgan fingerprint density at radius 3 is 3.11 bits per heavy atom. The molecular formula is C13H17N5O. The van der Waals surface area contributed by atoms with Crippen molar-refractivity contribution in [2.24, 2.45) is 0 Å². The summed E-state index contributed by atoms with van der Waals surface area (Å²) in [6.45, 7) is 2.83. The van der Waals surface area contributed by atoms with E-state index in [1.807, 2.05) is 10.7 Å². The Labute approximate surface area is 112 Å². The van der Waals surface area contributed by atoms with Crippen molar-refractivity contribution in [3.63, 3.8) is 0 Å². The lowest BCUT2D eigenvalue weighted by molar-refractivity contribution is -0.122. The summed E-state index contributed by atoms with van der Waals surface area (Å²) >= 11 is 0. The molecule has 0 spiro atoms. The van der Waals surface area contributed by atoms with Crippen molar-refractivity contribution in [3.05, 3.63) is 17.5 Å². The fourth-order valence-corrected chi connectivity index (χ4v) is 2.42. The van der Waals surface area contributed by atoms with E-state index >= 15 is 0 Å². The molecule has 1 N–H and O–H groups in total. The number of aryl methyl sites for hydroxylation is 1. The Kier molecular flexibility index (Phi) is 3.22. The lowest BCUT2D eigenvalue weighted by atomic mass is 10.3. The van der Waals surface area contributed by atoms with Gasteiger partial charge in [-0.05, 0) is 25.3 Å². The van der Waals surface area contributed by atoms with Crippen LogP contribution in [0.1, 0.15) is 30.7 Å². The molecule has 0 unspecified atom stereocenters. The van der Waals surface area contributed by atoms with Crippen LogP contribution in [0, 0.1) is 11.3 Å². The topological polar surface area (TPSA) is 74.0 Å². The van der Waals surface area contributed by atoms with Crippen LogP contribution in [0.25, 0.3) is 0 Å². The fraction of sp³-hybridized carbons (Fsp3) is 0.615. The first-order valence-corrected chi connectivity index (χ1v) is 6.73. The third-order valence-electron chi connectivity index (χ3n) is 3.52. The largest absolute Gasteiger partial charge is 0.352 e. The highest BCUT2D eigenvalue weighted by atomic mass is 16.2. The average molecular weight is 259 g/mol. The average Bonchev–Trinajstić information content (AvgIpc) is 3.13. The molecule has 0 bridgehead atoms. The van der Waals surface area contributed by atoms with Gasteiger partial charge in [-0.2, -0.15) is 10.4 Å². The van der Waals surface area contributed by atoms with Crippen molar-refractivity contribution in [1.29, 1.82) is 5.26 Å². The first kappa shape index (κ1) is 12.2. The molecule has 1 aliphatic heterocycles. The molecular weight excluding hydrogens is 242 g/mol. The number of rotatable bonds is 3. The van der Waals surface area contributed by atoms with Crippen LogP contribution < -0.4 is 5.32 Å². The van der Waals surface area contributed by atoms with Gasteiger partial charge < -0.3 is 5.32 Å². The molecule has 1 aromatic rings. The third-order valence-corrected chi connectivity index (χ3v) is 3.52. The molecule has 0 saturated heterocycles. The van der Waals surface area contributed by atoms with Gasteiger partial charge in [-0.1, -0.05) is 0 Å². The van der Waals surface area contributed by atoms with Crippen LogP contribution in [-0.4, -0.2) is 39.7 Å². The lowest BCUT2D eigenvalue weighted by Crippen LogP contribution is -2.37. The van der Waals surface area contributed by atoms with E-state index < -0.39 is 0 Å². The van der Waals surface area contributed by atoms with Gasteiger partial charge in [0.25, 0.3) is 0 Å². The lowest BCUT2D eigenvalue weighted by Gasteiger charge is -2.18. The van der Waals surface area contributed by atoms with E-state index in [2.05, 4.69) is 21.4 Å². The van der Waals surface area contributed by atoms with Crippen molar-refractivity contribution < 1.29 is 4.79 Å². The predicted octanol–water partition coefficient (Wildman–Crippen LogP) is 0.239. The van der Waals surface area contributed by atoms with E-state index in [1.54, 1.807) is 0 Å². The molecule has 100 valence electrons. The van der Waals surface area contributed by atoms with Crippen LogP contribution in [-0.2, 0) is 17.9 Å². The first-order chi connectivity index (χ1) is 9.24.